The lowest BCUT2D eigenvalue weighted by Gasteiger charge is -2.28. The Bertz CT molecular complexity index is 279. The van der Waals surface area contributed by atoms with E-state index in [-0.39, 0.29) is 0 Å². The van der Waals surface area contributed by atoms with Crippen LogP contribution in [0.1, 0.15) is 24.4 Å². The van der Waals surface area contributed by atoms with E-state index in [1.807, 2.05) is 11.6 Å². The van der Waals surface area contributed by atoms with Crippen molar-refractivity contribution in [2.75, 3.05) is 13.1 Å². The fourth-order valence-corrected chi connectivity index (χ4v) is 2.34. The van der Waals surface area contributed by atoms with Gasteiger partial charge in [-0.05, 0) is 13.3 Å². The van der Waals surface area contributed by atoms with Crippen LogP contribution in [0.15, 0.2) is 23.7 Å². The molecule has 0 aromatic carbocycles. The Morgan fingerprint density at radius 1 is 1.54 bits per heavy atom. The predicted molar refractivity (Wildman–Crippen MR) is 55.9 cm³/mol. The van der Waals surface area contributed by atoms with Crippen molar-refractivity contribution in [2.45, 2.75) is 19.4 Å². The maximum Gasteiger partial charge on any atom is 0.109 e. The monoisotopic (exact) mass is 194 g/mol. The predicted octanol–water partition coefficient (Wildman–Crippen LogP) is 2.47. The van der Waals surface area contributed by atoms with E-state index in [9.17, 15) is 0 Å². The average molecular weight is 194 g/mol. The Balaban J connectivity index is 2.04. The summed E-state index contributed by atoms with van der Waals surface area (Å²) in [5.41, 5.74) is 0. The van der Waals surface area contributed by atoms with E-state index in [0.717, 1.165) is 13.1 Å². The summed E-state index contributed by atoms with van der Waals surface area (Å²) in [4.78, 5) is 6.80. The first-order chi connectivity index (χ1) is 6.38. The number of rotatable bonds is 2. The van der Waals surface area contributed by atoms with Gasteiger partial charge >= 0.3 is 0 Å². The van der Waals surface area contributed by atoms with Crippen LogP contribution in [0.2, 0.25) is 0 Å². The van der Waals surface area contributed by atoms with Gasteiger partial charge in [0.2, 0.25) is 0 Å². The molecule has 1 aromatic rings. The van der Waals surface area contributed by atoms with E-state index in [4.69, 9.17) is 0 Å². The van der Waals surface area contributed by atoms with Gasteiger partial charge in [0.1, 0.15) is 5.01 Å². The fourth-order valence-electron chi connectivity index (χ4n) is 1.61. The second kappa shape index (κ2) is 4.03. The van der Waals surface area contributed by atoms with Gasteiger partial charge in [0.05, 0.1) is 6.04 Å². The average Bonchev–Trinajstić information content (AvgIpc) is 2.71. The van der Waals surface area contributed by atoms with Crippen LogP contribution in [0, 0.1) is 0 Å². The van der Waals surface area contributed by atoms with Gasteiger partial charge in [0.25, 0.3) is 0 Å². The van der Waals surface area contributed by atoms with Crippen LogP contribution >= 0.6 is 11.3 Å². The molecule has 2 rings (SSSR count). The number of thiazole rings is 1. The van der Waals surface area contributed by atoms with Crippen LogP contribution in [-0.4, -0.2) is 23.0 Å². The SMILES string of the molecule is CC(c1nccs1)N1CC=CCC1. The van der Waals surface area contributed by atoms with Gasteiger partial charge in [-0.2, -0.15) is 0 Å². The van der Waals surface area contributed by atoms with Gasteiger partial charge in [-0.3, -0.25) is 4.90 Å². The van der Waals surface area contributed by atoms with Crippen molar-refractivity contribution < 1.29 is 0 Å². The molecule has 0 spiro atoms. The fraction of sp³-hybridized carbons (Fsp3) is 0.500. The van der Waals surface area contributed by atoms with Crippen LogP contribution in [0.3, 0.4) is 0 Å². The van der Waals surface area contributed by atoms with E-state index in [0.29, 0.717) is 6.04 Å². The minimum Gasteiger partial charge on any atom is -0.290 e. The Morgan fingerprint density at radius 3 is 3.08 bits per heavy atom. The van der Waals surface area contributed by atoms with E-state index in [1.54, 1.807) is 11.3 Å². The second-order valence-electron chi connectivity index (χ2n) is 3.30. The standard InChI is InChI=1S/C10H14N2S/c1-9(10-11-5-8-13-10)12-6-3-2-4-7-12/h2-3,5,8-9H,4,6-7H2,1H3. The molecule has 1 aromatic heterocycles. The molecular weight excluding hydrogens is 180 g/mol. The zero-order valence-electron chi connectivity index (χ0n) is 7.81. The first-order valence-electron chi connectivity index (χ1n) is 4.66. The van der Waals surface area contributed by atoms with Crippen LogP contribution in [0.25, 0.3) is 0 Å². The smallest absolute Gasteiger partial charge is 0.109 e. The van der Waals surface area contributed by atoms with Crippen LogP contribution in [-0.2, 0) is 0 Å². The van der Waals surface area contributed by atoms with Gasteiger partial charge in [-0.25, -0.2) is 4.98 Å². The highest BCUT2D eigenvalue weighted by atomic mass is 32.1. The van der Waals surface area contributed by atoms with Gasteiger partial charge < -0.3 is 0 Å². The Hall–Kier alpha value is -0.670. The molecule has 1 unspecified atom stereocenters. The lowest BCUT2D eigenvalue weighted by molar-refractivity contribution is 0.230. The lowest BCUT2D eigenvalue weighted by Crippen LogP contribution is -2.30. The number of aromatic nitrogens is 1. The molecule has 0 fully saturated rings. The highest BCUT2D eigenvalue weighted by Gasteiger charge is 2.17. The summed E-state index contributed by atoms with van der Waals surface area (Å²) in [7, 11) is 0. The van der Waals surface area contributed by atoms with Crippen LogP contribution in [0.4, 0.5) is 0 Å². The first-order valence-corrected chi connectivity index (χ1v) is 5.54. The van der Waals surface area contributed by atoms with Crippen LogP contribution in [0.5, 0.6) is 0 Å². The Kier molecular flexibility index (Phi) is 2.76. The van der Waals surface area contributed by atoms with Crippen molar-refractivity contribution >= 4 is 11.3 Å². The van der Waals surface area contributed by atoms with Gasteiger partial charge in [-0.1, -0.05) is 12.2 Å². The zero-order chi connectivity index (χ0) is 9.10. The molecule has 1 aliphatic rings. The molecule has 2 nitrogen and oxygen atoms in total. The van der Waals surface area contributed by atoms with Crippen LogP contribution < -0.4 is 0 Å². The summed E-state index contributed by atoms with van der Waals surface area (Å²) in [5, 5.41) is 3.28. The summed E-state index contributed by atoms with van der Waals surface area (Å²) in [5.74, 6) is 0. The zero-order valence-corrected chi connectivity index (χ0v) is 8.63. The van der Waals surface area contributed by atoms with E-state index < -0.39 is 0 Å². The van der Waals surface area contributed by atoms with Crippen molar-refractivity contribution in [3.8, 4) is 0 Å². The number of hydrogen-bond acceptors (Lipinski definition) is 3. The van der Waals surface area contributed by atoms with Crippen molar-refractivity contribution in [3.05, 3.63) is 28.7 Å². The molecular formula is C10H14N2S. The normalized spacial score (nSPS) is 20.4. The highest BCUT2D eigenvalue weighted by Crippen LogP contribution is 2.23. The maximum absolute atomic E-state index is 4.34. The largest absolute Gasteiger partial charge is 0.290 e. The minimum atomic E-state index is 0.477. The molecule has 1 atom stereocenters. The number of nitrogens with zero attached hydrogens (tertiary/aromatic N) is 2. The molecule has 0 amide bonds. The van der Waals surface area contributed by atoms with Crippen molar-refractivity contribution in [2.24, 2.45) is 0 Å². The first kappa shape index (κ1) is 8.91. The summed E-state index contributed by atoms with van der Waals surface area (Å²) in [6.45, 7) is 4.47. The van der Waals surface area contributed by atoms with E-state index >= 15 is 0 Å². The number of hydrogen-bond donors (Lipinski definition) is 0. The molecule has 0 bridgehead atoms. The third-order valence-electron chi connectivity index (χ3n) is 2.45. The highest BCUT2D eigenvalue weighted by molar-refractivity contribution is 7.09. The minimum absolute atomic E-state index is 0.477. The molecule has 0 radical (unpaired) electrons. The quantitative estimate of drug-likeness (QED) is 0.672. The van der Waals surface area contributed by atoms with E-state index in [1.165, 1.54) is 11.4 Å². The summed E-state index contributed by atoms with van der Waals surface area (Å²) < 4.78 is 0. The molecule has 70 valence electrons. The maximum atomic E-state index is 4.34. The molecule has 1 aliphatic heterocycles. The van der Waals surface area contributed by atoms with Crippen molar-refractivity contribution in [1.82, 2.24) is 9.88 Å². The molecule has 3 heteroatoms. The summed E-state index contributed by atoms with van der Waals surface area (Å²) in [6.07, 6.45) is 7.56. The summed E-state index contributed by atoms with van der Waals surface area (Å²) >= 11 is 1.75. The Labute approximate surface area is 82.9 Å². The lowest BCUT2D eigenvalue weighted by atomic mass is 10.2. The van der Waals surface area contributed by atoms with Crippen molar-refractivity contribution in [1.29, 1.82) is 0 Å². The Morgan fingerprint density at radius 2 is 2.46 bits per heavy atom. The van der Waals surface area contributed by atoms with Gasteiger partial charge in [0.15, 0.2) is 0 Å². The summed E-state index contributed by atoms with van der Waals surface area (Å²) in [6, 6.07) is 0.477. The van der Waals surface area contributed by atoms with Crippen molar-refractivity contribution in [3.63, 3.8) is 0 Å². The molecule has 0 aliphatic carbocycles. The molecule has 0 saturated heterocycles. The molecule has 0 saturated carbocycles. The molecule has 13 heavy (non-hydrogen) atoms. The second-order valence-corrected chi connectivity index (χ2v) is 4.23. The van der Waals surface area contributed by atoms with Gasteiger partial charge in [0, 0.05) is 24.7 Å². The third-order valence-corrected chi connectivity index (χ3v) is 3.39. The molecule has 0 N–H and O–H groups in total. The third kappa shape index (κ3) is 1.98. The topological polar surface area (TPSA) is 16.1 Å². The van der Waals surface area contributed by atoms with Gasteiger partial charge in [-0.15, -0.1) is 11.3 Å². The van der Waals surface area contributed by atoms with E-state index in [2.05, 4.69) is 29.0 Å². The molecule has 2 heterocycles.